The Kier molecular flexibility index (Phi) is 11.5. The quantitative estimate of drug-likeness (QED) is 0.0975. The third-order valence-corrected chi connectivity index (χ3v) is 13.2. The second-order valence-corrected chi connectivity index (χ2v) is 16.3. The molecule has 0 N–H and O–H groups in total. The van der Waals surface area contributed by atoms with E-state index in [4.69, 9.17) is 0 Å². The second kappa shape index (κ2) is 16.3. The van der Waals surface area contributed by atoms with Crippen molar-refractivity contribution in [3.8, 4) is 32.3 Å². The predicted molar refractivity (Wildman–Crippen MR) is 219 cm³/mol. The molecule has 0 saturated heterocycles. The highest BCUT2D eigenvalue weighted by Gasteiger charge is 2.12. The minimum Gasteiger partial charge on any atom is -0.244 e. The highest BCUT2D eigenvalue weighted by Crippen LogP contribution is 2.38. The molecule has 4 nitrogen and oxygen atoms in total. The maximum absolute atomic E-state index is 9.64. The van der Waals surface area contributed by atoms with Gasteiger partial charge in [-0.2, -0.15) is 10.5 Å². The number of thiophene rings is 3. The van der Waals surface area contributed by atoms with Crippen LogP contribution in [0.1, 0.15) is 43.6 Å². The number of thioether (sulfide) groups is 1. The molecule has 0 spiro atoms. The molecule has 0 amide bonds. The fourth-order valence-electron chi connectivity index (χ4n) is 5.00. The first-order chi connectivity index (χ1) is 24.0. The van der Waals surface area contributed by atoms with Gasteiger partial charge in [-0.05, 0) is 88.9 Å². The summed E-state index contributed by atoms with van der Waals surface area (Å²) in [5.41, 5.74) is 3.42. The molecule has 0 atom stereocenters. The van der Waals surface area contributed by atoms with Gasteiger partial charge in [0, 0.05) is 57.3 Å². The fraction of sp³-hybridized carbons (Fsp3) is 0.0769. The third-order valence-electron chi connectivity index (χ3n) is 7.30. The van der Waals surface area contributed by atoms with E-state index < -0.39 is 0 Å². The topological polar surface area (TPSA) is 73.4 Å². The molecule has 10 heteroatoms. The van der Waals surface area contributed by atoms with E-state index in [-0.39, 0.29) is 0 Å². The smallest absolute Gasteiger partial charge is 0.133 e. The van der Waals surface area contributed by atoms with Crippen LogP contribution in [0.4, 0.5) is 0 Å². The van der Waals surface area contributed by atoms with E-state index in [1.807, 2.05) is 22.9 Å². The largest absolute Gasteiger partial charge is 0.244 e. The van der Waals surface area contributed by atoms with Crippen LogP contribution in [-0.4, -0.2) is 16.2 Å². The lowest BCUT2D eigenvalue weighted by molar-refractivity contribution is 1.28. The van der Waals surface area contributed by atoms with Crippen LogP contribution in [0.25, 0.3) is 67.1 Å². The Morgan fingerprint density at radius 1 is 0.816 bits per heavy atom. The van der Waals surface area contributed by atoms with Crippen molar-refractivity contribution in [3.63, 3.8) is 0 Å². The third kappa shape index (κ3) is 8.09. The van der Waals surface area contributed by atoms with Gasteiger partial charge in [0.15, 0.2) is 0 Å². The molecule has 0 fully saturated rings. The Bertz CT molecular complexity index is 2400. The van der Waals surface area contributed by atoms with E-state index >= 15 is 0 Å². The Balaban J connectivity index is 1.23. The molecule has 1 aromatic carbocycles. The lowest BCUT2D eigenvalue weighted by Crippen LogP contribution is -2.27. The van der Waals surface area contributed by atoms with Crippen molar-refractivity contribution < 1.29 is 0 Å². The van der Waals surface area contributed by atoms with E-state index in [0.717, 1.165) is 52.0 Å². The van der Waals surface area contributed by atoms with E-state index in [2.05, 4.69) is 115 Å². The number of benzene rings is 1. The molecule has 6 aromatic rings. The minimum absolute atomic E-state index is 0.578. The molecule has 0 saturated carbocycles. The summed E-state index contributed by atoms with van der Waals surface area (Å²) in [6.45, 7) is 6.67. The molecule has 240 valence electrons. The van der Waals surface area contributed by atoms with Gasteiger partial charge >= 0.3 is 0 Å². The van der Waals surface area contributed by atoms with Gasteiger partial charge < -0.3 is 0 Å². The zero-order valence-corrected chi connectivity index (χ0v) is 31.4. The van der Waals surface area contributed by atoms with Crippen LogP contribution >= 0.6 is 68.4 Å². The summed E-state index contributed by atoms with van der Waals surface area (Å²) < 4.78 is 0. The zero-order chi connectivity index (χ0) is 34.2. The summed E-state index contributed by atoms with van der Waals surface area (Å²) in [5, 5.41) is 26.7. The number of nitriles is 2. The molecule has 5 heterocycles. The maximum Gasteiger partial charge on any atom is 0.133 e. The first kappa shape index (κ1) is 34.5. The number of allylic oxidation sites excluding steroid dienone is 4. The summed E-state index contributed by atoms with van der Waals surface area (Å²) >= 11 is 9.75. The standard InChI is InChI=1S/C39H28N4S6/c1-4-6-31-25(2)26(7-5-8-34(44-3)35-13-10-29(47-35)21-27(23-40)38-42-17-19-45-38)9-12-32(31)33-15-16-37(49-33)36-14-11-30(48-36)22-28(24-41)39-43-18-20-46-39/h5-22H,2,4H2,1,3H3/b7-5+,27-21+,28-22+,31-6-,34-8-. The normalized spacial score (nSPS) is 12.9. The van der Waals surface area contributed by atoms with Crippen molar-refractivity contribution >= 4 is 115 Å². The highest BCUT2D eigenvalue weighted by atomic mass is 32.2. The van der Waals surface area contributed by atoms with E-state index in [1.165, 1.54) is 42.9 Å². The van der Waals surface area contributed by atoms with Crippen molar-refractivity contribution in [3.05, 3.63) is 124 Å². The first-order valence-electron chi connectivity index (χ1n) is 15.1. The van der Waals surface area contributed by atoms with Crippen LogP contribution < -0.4 is 10.4 Å². The molecule has 0 unspecified atom stereocenters. The van der Waals surface area contributed by atoms with Crippen molar-refractivity contribution in [1.29, 1.82) is 10.5 Å². The molecule has 0 aliphatic carbocycles. The van der Waals surface area contributed by atoms with Gasteiger partial charge in [0.25, 0.3) is 0 Å². The SMILES string of the molecule is C=c1c(/C=C/C=C(\SC)c2ccc(/C=C(\C#N)c3nccs3)s2)ccc(-c2ccc(-c3ccc(/C=C(\C#N)c4nccs4)s3)s2)/c1=C\CC. The lowest BCUT2D eigenvalue weighted by Gasteiger charge is -2.04. The average Bonchev–Trinajstić information content (AvgIpc) is 3.96. The van der Waals surface area contributed by atoms with Crippen LogP contribution in [-0.2, 0) is 0 Å². The zero-order valence-electron chi connectivity index (χ0n) is 26.5. The second-order valence-electron chi connectivity index (χ2n) is 10.4. The molecular weight excluding hydrogens is 717 g/mol. The fourth-order valence-corrected chi connectivity index (χ4v) is 10.0. The summed E-state index contributed by atoms with van der Waals surface area (Å²) in [5.74, 6) is 0. The molecule has 0 aliphatic rings. The summed E-state index contributed by atoms with van der Waals surface area (Å²) in [6, 6.07) is 21.6. The van der Waals surface area contributed by atoms with Gasteiger partial charge in [0.1, 0.15) is 22.2 Å². The molecule has 5 aromatic heterocycles. The molecule has 0 bridgehead atoms. The first-order valence-corrected chi connectivity index (χ1v) is 20.5. The number of aromatic nitrogens is 2. The summed E-state index contributed by atoms with van der Waals surface area (Å²) in [7, 11) is 0. The molecular formula is C39H28N4S6. The summed E-state index contributed by atoms with van der Waals surface area (Å²) in [4.78, 5) is 16.5. The monoisotopic (exact) mass is 744 g/mol. The van der Waals surface area contributed by atoms with Crippen LogP contribution in [0.3, 0.4) is 0 Å². The number of nitrogens with zero attached hydrogens (tertiary/aromatic N) is 4. The lowest BCUT2D eigenvalue weighted by atomic mass is 10.0. The number of rotatable bonds is 11. The van der Waals surface area contributed by atoms with Crippen molar-refractivity contribution in [1.82, 2.24) is 9.97 Å². The number of hydrogen-bond donors (Lipinski definition) is 0. The van der Waals surface area contributed by atoms with Gasteiger partial charge in [-0.25, -0.2) is 9.97 Å². The molecule has 49 heavy (non-hydrogen) atoms. The number of hydrogen-bond acceptors (Lipinski definition) is 10. The van der Waals surface area contributed by atoms with Gasteiger partial charge in [-0.15, -0.1) is 68.4 Å². The van der Waals surface area contributed by atoms with E-state index in [9.17, 15) is 10.5 Å². The van der Waals surface area contributed by atoms with Gasteiger partial charge in [0.2, 0.25) is 0 Å². The van der Waals surface area contributed by atoms with E-state index in [0.29, 0.717) is 11.1 Å². The van der Waals surface area contributed by atoms with Gasteiger partial charge in [0.05, 0.1) is 11.1 Å². The Morgan fingerprint density at radius 3 is 2.08 bits per heavy atom. The van der Waals surface area contributed by atoms with Crippen LogP contribution in [0.5, 0.6) is 0 Å². The van der Waals surface area contributed by atoms with Crippen LogP contribution in [0.15, 0.2) is 83.8 Å². The van der Waals surface area contributed by atoms with Crippen LogP contribution in [0.2, 0.25) is 0 Å². The number of thiazole rings is 2. The van der Waals surface area contributed by atoms with E-state index in [1.54, 1.807) is 58.2 Å². The molecule has 6 rings (SSSR count). The average molecular weight is 745 g/mol. The maximum atomic E-state index is 9.64. The van der Waals surface area contributed by atoms with Gasteiger partial charge in [-0.1, -0.05) is 43.9 Å². The Hall–Kier alpha value is -4.39. The molecule has 0 aliphatic heterocycles. The van der Waals surface area contributed by atoms with Gasteiger partial charge in [-0.3, -0.25) is 0 Å². The summed E-state index contributed by atoms with van der Waals surface area (Å²) in [6.07, 6.45) is 18.9. The predicted octanol–water partition coefficient (Wildman–Crippen LogP) is 11.3. The highest BCUT2D eigenvalue weighted by molar-refractivity contribution is 8.07. The van der Waals surface area contributed by atoms with Crippen molar-refractivity contribution in [2.45, 2.75) is 13.3 Å². The van der Waals surface area contributed by atoms with Crippen LogP contribution in [0, 0.1) is 22.7 Å². The Morgan fingerprint density at radius 2 is 1.45 bits per heavy atom. The molecule has 0 radical (unpaired) electrons. The minimum atomic E-state index is 0.578. The Labute approximate surface area is 310 Å². The van der Waals surface area contributed by atoms with Crippen molar-refractivity contribution in [2.75, 3.05) is 6.26 Å². The van der Waals surface area contributed by atoms with Crippen molar-refractivity contribution in [2.24, 2.45) is 0 Å².